The van der Waals surface area contributed by atoms with Gasteiger partial charge in [0.15, 0.2) is 0 Å². The van der Waals surface area contributed by atoms with E-state index in [0.29, 0.717) is 6.54 Å². The Hall–Kier alpha value is -3.90. The SMILES string of the molecule is C=CCN(C(=O)OCc1ccc(C)cc1)C1CCN(CCC(C)(Cn2cnc3ccccc32)c2ccccc2)CC1. The lowest BCUT2D eigenvalue weighted by Gasteiger charge is -2.39. The van der Waals surface area contributed by atoms with Gasteiger partial charge >= 0.3 is 6.09 Å². The van der Waals surface area contributed by atoms with E-state index in [1.165, 1.54) is 16.6 Å². The van der Waals surface area contributed by atoms with Gasteiger partial charge in [0.25, 0.3) is 0 Å². The summed E-state index contributed by atoms with van der Waals surface area (Å²) in [5, 5.41) is 0. The normalized spacial score (nSPS) is 15.9. The first-order valence-electron chi connectivity index (χ1n) is 14.7. The molecule has 1 aliphatic rings. The van der Waals surface area contributed by atoms with Gasteiger partial charge in [-0.2, -0.15) is 0 Å². The molecule has 0 saturated carbocycles. The molecule has 0 aliphatic carbocycles. The molecule has 5 rings (SSSR count). The highest BCUT2D eigenvalue weighted by molar-refractivity contribution is 5.75. The van der Waals surface area contributed by atoms with Crippen LogP contribution >= 0.6 is 0 Å². The second-order valence-electron chi connectivity index (χ2n) is 11.6. The topological polar surface area (TPSA) is 50.6 Å². The van der Waals surface area contributed by atoms with Crippen LogP contribution in [0.2, 0.25) is 0 Å². The molecule has 0 spiro atoms. The van der Waals surface area contributed by atoms with Gasteiger partial charge in [0.2, 0.25) is 0 Å². The molecule has 0 bridgehead atoms. The molecule has 1 saturated heterocycles. The summed E-state index contributed by atoms with van der Waals surface area (Å²) in [6, 6.07) is 27.5. The van der Waals surface area contributed by atoms with E-state index in [0.717, 1.165) is 56.5 Å². The average Bonchev–Trinajstić information content (AvgIpc) is 3.41. The number of aryl methyl sites for hydroxylation is 1. The molecular formula is C35H42N4O2. The number of ether oxygens (including phenoxy) is 1. The molecular weight excluding hydrogens is 508 g/mol. The number of piperidine rings is 1. The Kier molecular flexibility index (Phi) is 9.20. The van der Waals surface area contributed by atoms with E-state index in [1.54, 1.807) is 6.08 Å². The third-order valence-corrected chi connectivity index (χ3v) is 8.54. The molecule has 1 atom stereocenters. The fourth-order valence-electron chi connectivity index (χ4n) is 5.95. The van der Waals surface area contributed by atoms with Crippen LogP contribution in [0, 0.1) is 6.92 Å². The molecule has 1 aliphatic heterocycles. The minimum Gasteiger partial charge on any atom is -0.445 e. The summed E-state index contributed by atoms with van der Waals surface area (Å²) in [6.07, 6.45) is 6.41. The summed E-state index contributed by atoms with van der Waals surface area (Å²) >= 11 is 0. The number of likely N-dealkylation sites (tertiary alicyclic amines) is 1. The molecule has 0 N–H and O–H groups in total. The Labute approximate surface area is 244 Å². The standard InChI is InChI=1S/C35H42N4O2/c1-4-21-39(34(40)41-25-29-16-14-28(2)15-17-29)31-18-22-37(23-19-31)24-20-35(3,30-10-6-5-7-11-30)26-38-27-36-32-12-8-9-13-33(32)38/h4-17,27,31H,1,18-26H2,2-3H3. The van der Waals surface area contributed by atoms with Gasteiger partial charge in [-0.25, -0.2) is 9.78 Å². The van der Waals surface area contributed by atoms with E-state index in [4.69, 9.17) is 4.74 Å². The quantitative estimate of drug-likeness (QED) is 0.189. The van der Waals surface area contributed by atoms with Gasteiger partial charge in [0, 0.05) is 37.6 Å². The van der Waals surface area contributed by atoms with Crippen molar-refractivity contribution >= 4 is 17.1 Å². The fraction of sp³-hybridized carbons (Fsp3) is 0.371. The van der Waals surface area contributed by atoms with E-state index in [2.05, 4.69) is 83.4 Å². The monoisotopic (exact) mass is 550 g/mol. The number of hydrogen-bond donors (Lipinski definition) is 0. The van der Waals surface area contributed by atoms with Crippen molar-refractivity contribution in [2.75, 3.05) is 26.2 Å². The van der Waals surface area contributed by atoms with E-state index in [9.17, 15) is 4.79 Å². The molecule has 2 heterocycles. The van der Waals surface area contributed by atoms with Crippen molar-refractivity contribution in [2.45, 2.75) is 57.7 Å². The third-order valence-electron chi connectivity index (χ3n) is 8.54. The number of amides is 1. The lowest BCUT2D eigenvalue weighted by Crippen LogP contribution is -2.48. The van der Waals surface area contributed by atoms with Crippen molar-refractivity contribution in [2.24, 2.45) is 0 Å². The highest BCUT2D eigenvalue weighted by Gasteiger charge is 2.32. The minimum absolute atomic E-state index is 0.0454. The van der Waals surface area contributed by atoms with Crippen molar-refractivity contribution < 1.29 is 9.53 Å². The predicted molar refractivity (Wildman–Crippen MR) is 166 cm³/mol. The van der Waals surface area contributed by atoms with Crippen molar-refractivity contribution in [3.63, 3.8) is 0 Å². The molecule has 1 aromatic heterocycles. The van der Waals surface area contributed by atoms with Crippen molar-refractivity contribution in [1.82, 2.24) is 19.4 Å². The van der Waals surface area contributed by atoms with Gasteiger partial charge in [0.1, 0.15) is 6.61 Å². The minimum atomic E-state index is -0.256. The lowest BCUT2D eigenvalue weighted by atomic mass is 9.79. The second kappa shape index (κ2) is 13.2. The van der Waals surface area contributed by atoms with E-state index >= 15 is 0 Å². The molecule has 214 valence electrons. The van der Waals surface area contributed by atoms with E-state index in [-0.39, 0.29) is 24.2 Å². The molecule has 3 aromatic carbocycles. The average molecular weight is 551 g/mol. The maximum absolute atomic E-state index is 13.0. The molecule has 0 radical (unpaired) electrons. The molecule has 41 heavy (non-hydrogen) atoms. The predicted octanol–water partition coefficient (Wildman–Crippen LogP) is 6.98. The maximum atomic E-state index is 13.0. The van der Waals surface area contributed by atoms with Gasteiger partial charge in [-0.15, -0.1) is 6.58 Å². The van der Waals surface area contributed by atoms with Crippen LogP contribution in [-0.2, 0) is 23.3 Å². The lowest BCUT2D eigenvalue weighted by molar-refractivity contribution is 0.0647. The van der Waals surface area contributed by atoms with Crippen LogP contribution < -0.4 is 0 Å². The first-order valence-corrected chi connectivity index (χ1v) is 14.7. The largest absolute Gasteiger partial charge is 0.445 e. The van der Waals surface area contributed by atoms with Crippen LogP contribution in [0.4, 0.5) is 4.79 Å². The Balaban J connectivity index is 1.19. The molecule has 6 nitrogen and oxygen atoms in total. The van der Waals surface area contributed by atoms with Crippen molar-refractivity contribution in [1.29, 1.82) is 0 Å². The van der Waals surface area contributed by atoms with Crippen LogP contribution in [0.3, 0.4) is 0 Å². The summed E-state index contributed by atoms with van der Waals surface area (Å²) < 4.78 is 8.00. The molecule has 4 aromatic rings. The zero-order valence-corrected chi connectivity index (χ0v) is 24.4. The molecule has 1 unspecified atom stereocenters. The van der Waals surface area contributed by atoms with Crippen LogP contribution in [-0.4, -0.2) is 57.7 Å². The number of nitrogens with zero attached hydrogens (tertiary/aromatic N) is 4. The van der Waals surface area contributed by atoms with Crippen molar-refractivity contribution in [3.05, 3.63) is 115 Å². The number of carbonyl (C=O) groups excluding carboxylic acids is 1. The maximum Gasteiger partial charge on any atom is 0.410 e. The Morgan fingerprint density at radius 3 is 2.49 bits per heavy atom. The van der Waals surface area contributed by atoms with Gasteiger partial charge < -0.3 is 19.1 Å². The third kappa shape index (κ3) is 7.06. The summed E-state index contributed by atoms with van der Waals surface area (Å²) in [4.78, 5) is 22.1. The number of carbonyl (C=O) groups is 1. The van der Waals surface area contributed by atoms with Crippen LogP contribution in [0.5, 0.6) is 0 Å². The summed E-state index contributed by atoms with van der Waals surface area (Å²) in [5.41, 5.74) is 5.71. The van der Waals surface area contributed by atoms with Gasteiger partial charge in [-0.3, -0.25) is 0 Å². The molecule has 1 amide bonds. The Bertz CT molecular complexity index is 1420. The second-order valence-corrected chi connectivity index (χ2v) is 11.6. The number of aromatic nitrogens is 2. The first kappa shape index (κ1) is 28.6. The van der Waals surface area contributed by atoms with E-state index < -0.39 is 0 Å². The van der Waals surface area contributed by atoms with Gasteiger partial charge in [-0.05, 0) is 56.0 Å². The Morgan fingerprint density at radius 2 is 1.76 bits per heavy atom. The van der Waals surface area contributed by atoms with E-state index in [1.807, 2.05) is 41.6 Å². The zero-order chi connectivity index (χ0) is 28.7. The van der Waals surface area contributed by atoms with Gasteiger partial charge in [-0.1, -0.05) is 85.3 Å². The number of rotatable bonds is 11. The van der Waals surface area contributed by atoms with Crippen LogP contribution in [0.1, 0.15) is 42.9 Å². The summed E-state index contributed by atoms with van der Waals surface area (Å²) in [6.45, 7) is 12.9. The molecule has 1 fully saturated rings. The number of para-hydroxylation sites is 2. The number of fused-ring (bicyclic) bond motifs is 1. The smallest absolute Gasteiger partial charge is 0.410 e. The molecule has 6 heteroatoms. The fourth-order valence-corrected chi connectivity index (χ4v) is 5.95. The van der Waals surface area contributed by atoms with Crippen LogP contribution in [0.25, 0.3) is 11.0 Å². The Morgan fingerprint density at radius 1 is 1.05 bits per heavy atom. The number of hydrogen-bond acceptors (Lipinski definition) is 4. The first-order chi connectivity index (χ1) is 19.9. The summed E-state index contributed by atoms with van der Waals surface area (Å²) in [5.74, 6) is 0. The highest BCUT2D eigenvalue weighted by Crippen LogP contribution is 2.32. The number of imidazole rings is 1. The summed E-state index contributed by atoms with van der Waals surface area (Å²) in [7, 11) is 0. The van der Waals surface area contributed by atoms with Crippen molar-refractivity contribution in [3.8, 4) is 0 Å². The highest BCUT2D eigenvalue weighted by atomic mass is 16.6. The zero-order valence-electron chi connectivity index (χ0n) is 24.4. The number of benzene rings is 3. The van der Waals surface area contributed by atoms with Gasteiger partial charge in [0.05, 0.1) is 17.4 Å². The van der Waals surface area contributed by atoms with Crippen LogP contribution in [0.15, 0.2) is 97.8 Å².